The van der Waals surface area contributed by atoms with Gasteiger partial charge in [-0.3, -0.25) is 9.48 Å². The highest BCUT2D eigenvalue weighted by Gasteiger charge is 2.01. The monoisotopic (exact) mass is 341 g/mol. The average molecular weight is 341 g/mol. The Bertz CT molecular complexity index is 437. The third-order valence-electron chi connectivity index (χ3n) is 3.49. The van der Waals surface area contributed by atoms with Crippen molar-refractivity contribution in [3.8, 4) is 0 Å². The van der Waals surface area contributed by atoms with Crippen LogP contribution in [0.2, 0.25) is 0 Å². The summed E-state index contributed by atoms with van der Waals surface area (Å²) in [5.74, 6) is 0.228. The van der Waals surface area contributed by atoms with Crippen molar-refractivity contribution in [3.63, 3.8) is 0 Å². The van der Waals surface area contributed by atoms with E-state index in [1.54, 1.807) is 0 Å². The zero-order chi connectivity index (χ0) is 17.5. The molecule has 0 saturated carbocycles. The number of nitrogens with zero attached hydrogens (tertiary/aromatic N) is 3. The minimum absolute atomic E-state index is 0.228. The van der Waals surface area contributed by atoms with Crippen LogP contribution in [0.1, 0.15) is 51.6 Å². The molecule has 0 aliphatic carbocycles. The molecule has 1 heterocycles. The third kappa shape index (κ3) is 10.5. The molecule has 7 nitrogen and oxygen atoms in total. The lowest BCUT2D eigenvalue weighted by Gasteiger charge is -2.05. The minimum Gasteiger partial charge on any atom is -0.379 e. The molecule has 0 amide bonds. The Hall–Kier alpha value is -1.31. The quantitative estimate of drug-likeness (QED) is 0.430. The van der Waals surface area contributed by atoms with Gasteiger partial charge in [0.25, 0.3) is 0 Å². The summed E-state index contributed by atoms with van der Waals surface area (Å²) < 4.78 is 18.1. The van der Waals surface area contributed by atoms with E-state index in [1.165, 1.54) is 12.8 Å². The van der Waals surface area contributed by atoms with Gasteiger partial charge in [-0.1, -0.05) is 31.9 Å². The fourth-order valence-corrected chi connectivity index (χ4v) is 2.02. The average Bonchev–Trinajstić information content (AvgIpc) is 3.04. The number of aryl methyl sites for hydroxylation is 1. The van der Waals surface area contributed by atoms with E-state index >= 15 is 0 Å². The molecule has 0 bridgehead atoms. The molecule has 24 heavy (non-hydrogen) atoms. The second-order valence-electron chi connectivity index (χ2n) is 5.60. The first-order chi connectivity index (χ1) is 11.8. The topological polar surface area (TPSA) is 75.5 Å². The van der Waals surface area contributed by atoms with Gasteiger partial charge >= 0.3 is 0 Å². The van der Waals surface area contributed by atoms with E-state index in [4.69, 9.17) is 14.2 Å². The number of carbonyl (C=O) groups is 1. The summed E-state index contributed by atoms with van der Waals surface area (Å²) in [5.41, 5.74) is 0.843. The van der Waals surface area contributed by atoms with E-state index in [9.17, 15) is 4.79 Å². The van der Waals surface area contributed by atoms with Crippen LogP contribution in [0.5, 0.6) is 0 Å². The van der Waals surface area contributed by atoms with Crippen LogP contribution in [-0.4, -0.2) is 53.8 Å². The lowest BCUT2D eigenvalue weighted by atomic mass is 10.2. The van der Waals surface area contributed by atoms with Gasteiger partial charge in [0.05, 0.1) is 45.8 Å². The Morgan fingerprint density at radius 2 is 1.75 bits per heavy atom. The third-order valence-corrected chi connectivity index (χ3v) is 3.49. The van der Waals surface area contributed by atoms with Gasteiger partial charge in [-0.15, -0.1) is 5.10 Å². The number of carbonyl (C=O) groups excluding carboxylic acids is 1. The summed E-state index contributed by atoms with van der Waals surface area (Å²) in [6.45, 7) is 7.92. The molecule has 7 heteroatoms. The smallest absolute Gasteiger partial charge is 0.134 e. The van der Waals surface area contributed by atoms with Gasteiger partial charge in [0.1, 0.15) is 11.5 Å². The second-order valence-corrected chi connectivity index (χ2v) is 5.60. The Labute approximate surface area is 144 Å². The summed E-state index contributed by atoms with van der Waals surface area (Å²) >= 11 is 0. The van der Waals surface area contributed by atoms with Gasteiger partial charge in [0.15, 0.2) is 0 Å². The summed E-state index contributed by atoms with van der Waals surface area (Å²) in [6.07, 6.45) is 6.53. The Morgan fingerprint density at radius 3 is 2.46 bits per heavy atom. The molecule has 1 rings (SSSR count). The lowest BCUT2D eigenvalue weighted by Crippen LogP contribution is -2.11. The van der Waals surface area contributed by atoms with Crippen LogP contribution in [0.25, 0.3) is 0 Å². The molecule has 0 aliphatic rings. The van der Waals surface area contributed by atoms with Crippen molar-refractivity contribution < 1.29 is 19.0 Å². The van der Waals surface area contributed by atoms with Gasteiger partial charge in [-0.25, -0.2) is 0 Å². The molecule has 1 aromatic heterocycles. The van der Waals surface area contributed by atoms with Crippen molar-refractivity contribution in [2.24, 2.45) is 0 Å². The van der Waals surface area contributed by atoms with E-state index in [2.05, 4.69) is 17.2 Å². The van der Waals surface area contributed by atoms with Crippen molar-refractivity contribution in [2.45, 2.75) is 59.1 Å². The number of hydrogen-bond acceptors (Lipinski definition) is 6. The van der Waals surface area contributed by atoms with Crippen molar-refractivity contribution in [1.29, 1.82) is 0 Å². The highest BCUT2D eigenvalue weighted by Crippen LogP contribution is 2.00. The fraction of sp³-hybridized carbons (Fsp3) is 0.824. The van der Waals surface area contributed by atoms with E-state index in [1.807, 2.05) is 17.8 Å². The van der Waals surface area contributed by atoms with Gasteiger partial charge < -0.3 is 14.2 Å². The van der Waals surface area contributed by atoms with Crippen LogP contribution >= 0.6 is 0 Å². The van der Waals surface area contributed by atoms with E-state index in [0.717, 1.165) is 18.7 Å². The summed E-state index contributed by atoms with van der Waals surface area (Å²) in [6, 6.07) is 0. The maximum absolute atomic E-state index is 11.1. The predicted molar refractivity (Wildman–Crippen MR) is 90.8 cm³/mol. The van der Waals surface area contributed by atoms with Gasteiger partial charge in [-0.05, 0) is 6.42 Å². The molecular weight excluding hydrogens is 310 g/mol. The Balaban J connectivity index is 1.90. The number of unbranched alkanes of at least 4 members (excludes halogenated alkanes) is 2. The number of rotatable bonds is 16. The van der Waals surface area contributed by atoms with E-state index < -0.39 is 0 Å². The van der Waals surface area contributed by atoms with Gasteiger partial charge in [-0.2, -0.15) is 0 Å². The molecule has 0 aliphatic heterocycles. The maximum atomic E-state index is 11.1. The van der Waals surface area contributed by atoms with Crippen molar-refractivity contribution in [3.05, 3.63) is 11.9 Å². The van der Waals surface area contributed by atoms with Crippen LogP contribution in [0, 0.1) is 0 Å². The van der Waals surface area contributed by atoms with E-state index in [0.29, 0.717) is 52.5 Å². The number of hydrogen-bond donors (Lipinski definition) is 0. The number of aromatic nitrogens is 3. The standard InChI is InChI=1S/C17H31N3O4/c1-3-5-6-8-20-14-16(18-19-20)15-24-13-12-23-11-10-22-9-7-17(21)4-2/h14H,3-13,15H2,1-2H3. The van der Waals surface area contributed by atoms with Crippen molar-refractivity contribution >= 4 is 5.78 Å². The summed E-state index contributed by atoms with van der Waals surface area (Å²) in [7, 11) is 0. The first-order valence-electron chi connectivity index (χ1n) is 8.90. The Kier molecular flexibility index (Phi) is 12.2. The molecule has 138 valence electrons. The molecule has 0 spiro atoms. The second kappa shape index (κ2) is 14.1. The molecule has 0 unspecified atom stereocenters. The van der Waals surface area contributed by atoms with Crippen LogP contribution in [0.15, 0.2) is 6.20 Å². The van der Waals surface area contributed by atoms with Crippen LogP contribution in [0.3, 0.4) is 0 Å². The molecule has 0 atom stereocenters. The van der Waals surface area contributed by atoms with Crippen molar-refractivity contribution in [1.82, 2.24) is 15.0 Å². The van der Waals surface area contributed by atoms with Crippen molar-refractivity contribution in [2.75, 3.05) is 33.0 Å². The Morgan fingerprint density at radius 1 is 1.04 bits per heavy atom. The highest BCUT2D eigenvalue weighted by atomic mass is 16.5. The van der Waals surface area contributed by atoms with Crippen LogP contribution in [0.4, 0.5) is 0 Å². The molecule has 1 aromatic rings. The zero-order valence-electron chi connectivity index (χ0n) is 15.0. The molecule has 0 saturated heterocycles. The maximum Gasteiger partial charge on any atom is 0.134 e. The number of Topliss-reactive ketones (excluding diaryl/α,β-unsaturated/α-hetero) is 1. The summed E-state index contributed by atoms with van der Waals surface area (Å²) in [5, 5.41) is 8.16. The van der Waals surface area contributed by atoms with E-state index in [-0.39, 0.29) is 5.78 Å². The largest absolute Gasteiger partial charge is 0.379 e. The minimum atomic E-state index is 0.228. The fourth-order valence-electron chi connectivity index (χ4n) is 2.02. The SMILES string of the molecule is CCCCCn1cc(COCCOCCOCCC(=O)CC)nn1. The normalized spacial score (nSPS) is 11.1. The van der Waals surface area contributed by atoms with Gasteiger partial charge in [0.2, 0.25) is 0 Å². The highest BCUT2D eigenvalue weighted by molar-refractivity contribution is 5.78. The first-order valence-corrected chi connectivity index (χ1v) is 8.90. The van der Waals surface area contributed by atoms with Gasteiger partial charge in [0, 0.05) is 19.4 Å². The predicted octanol–water partition coefficient (Wildman–Crippen LogP) is 2.39. The number of ketones is 1. The number of ether oxygens (including phenoxy) is 3. The molecule has 0 radical (unpaired) electrons. The van der Waals surface area contributed by atoms with Crippen LogP contribution < -0.4 is 0 Å². The van der Waals surface area contributed by atoms with Crippen LogP contribution in [-0.2, 0) is 32.2 Å². The molecular formula is C17H31N3O4. The molecule has 0 fully saturated rings. The summed E-state index contributed by atoms with van der Waals surface area (Å²) in [4.78, 5) is 11.1. The molecule has 0 N–H and O–H groups in total. The molecule has 0 aromatic carbocycles. The zero-order valence-corrected chi connectivity index (χ0v) is 15.0. The first kappa shape index (κ1) is 20.7. The lowest BCUT2D eigenvalue weighted by molar-refractivity contribution is -0.120.